The number of aromatic nitrogens is 3. The van der Waals surface area contributed by atoms with E-state index < -0.39 is 0 Å². The zero-order valence-electron chi connectivity index (χ0n) is 12.6. The van der Waals surface area contributed by atoms with E-state index in [0.29, 0.717) is 35.6 Å². The molecule has 1 aromatic carbocycles. The van der Waals surface area contributed by atoms with E-state index >= 15 is 0 Å². The zero-order chi connectivity index (χ0) is 16.5. The van der Waals surface area contributed by atoms with Crippen LogP contribution in [0.1, 0.15) is 10.5 Å². The standard InChI is InChI=1S/C16H15FN4O3/c17-10-1-2-12-9(3-10)4-13(20-12)16(22)21-14-7-23-8-15(14)24-11-5-18-19-6-11/h1-6,14-15,20H,7-8H2,(H,18,19)(H,21,22)/t14-,15+/m0/s1. The van der Waals surface area contributed by atoms with Gasteiger partial charge < -0.3 is 19.8 Å². The minimum absolute atomic E-state index is 0.282. The van der Waals surface area contributed by atoms with Gasteiger partial charge in [0.2, 0.25) is 0 Å². The maximum atomic E-state index is 13.3. The molecule has 1 fully saturated rings. The Morgan fingerprint density at radius 1 is 1.38 bits per heavy atom. The van der Waals surface area contributed by atoms with Crippen LogP contribution in [0.4, 0.5) is 4.39 Å². The van der Waals surface area contributed by atoms with Crippen molar-refractivity contribution in [3.05, 3.63) is 48.2 Å². The number of nitrogens with one attached hydrogen (secondary N) is 3. The minimum Gasteiger partial charge on any atom is -0.482 e. The Hall–Kier alpha value is -2.87. The number of aromatic amines is 2. The summed E-state index contributed by atoms with van der Waals surface area (Å²) in [6.45, 7) is 0.747. The fourth-order valence-corrected chi connectivity index (χ4v) is 2.74. The lowest BCUT2D eigenvalue weighted by Gasteiger charge is -2.19. The number of H-pyrrole nitrogens is 2. The van der Waals surface area contributed by atoms with E-state index in [1.807, 2.05) is 0 Å². The number of hydrogen-bond acceptors (Lipinski definition) is 4. The number of carbonyl (C=O) groups excluding carboxylic acids is 1. The number of ether oxygens (including phenoxy) is 2. The first kappa shape index (κ1) is 14.7. The number of hydrogen-bond donors (Lipinski definition) is 3. The van der Waals surface area contributed by atoms with Crippen LogP contribution in [0.25, 0.3) is 10.9 Å². The summed E-state index contributed by atoms with van der Waals surface area (Å²) in [5, 5.41) is 10.0. The van der Waals surface area contributed by atoms with Gasteiger partial charge in [0.15, 0.2) is 5.75 Å². The molecule has 2 atom stereocenters. The average molecular weight is 330 g/mol. The van der Waals surface area contributed by atoms with Crippen LogP contribution in [-0.2, 0) is 4.74 Å². The van der Waals surface area contributed by atoms with Crippen LogP contribution in [-0.4, -0.2) is 46.4 Å². The van der Waals surface area contributed by atoms with Crippen molar-refractivity contribution in [3.8, 4) is 5.75 Å². The fraction of sp³-hybridized carbons (Fsp3) is 0.250. The second kappa shape index (κ2) is 5.97. The quantitative estimate of drug-likeness (QED) is 0.678. The van der Waals surface area contributed by atoms with E-state index in [9.17, 15) is 9.18 Å². The van der Waals surface area contributed by atoms with Crippen LogP contribution in [0.3, 0.4) is 0 Å². The number of halogens is 1. The van der Waals surface area contributed by atoms with Gasteiger partial charge in [-0.25, -0.2) is 4.39 Å². The van der Waals surface area contributed by atoms with Crippen molar-refractivity contribution in [3.63, 3.8) is 0 Å². The molecule has 24 heavy (non-hydrogen) atoms. The summed E-state index contributed by atoms with van der Waals surface area (Å²) in [5.74, 6) is -0.0417. The molecule has 0 unspecified atom stereocenters. The van der Waals surface area contributed by atoms with E-state index in [1.54, 1.807) is 24.5 Å². The molecule has 4 rings (SSSR count). The molecule has 2 aromatic heterocycles. The molecule has 1 amide bonds. The average Bonchev–Trinajstić information content (AvgIpc) is 3.29. The summed E-state index contributed by atoms with van der Waals surface area (Å²) < 4.78 is 24.4. The Morgan fingerprint density at radius 2 is 2.29 bits per heavy atom. The predicted octanol–water partition coefficient (Wildman–Crippen LogP) is 1.61. The number of nitrogens with zero attached hydrogens (tertiary/aromatic N) is 1. The van der Waals surface area contributed by atoms with Crippen molar-refractivity contribution in [2.24, 2.45) is 0 Å². The Bertz CT molecular complexity index is 861. The molecule has 1 aliphatic rings. The van der Waals surface area contributed by atoms with Gasteiger partial charge in [0.25, 0.3) is 5.91 Å². The monoisotopic (exact) mass is 330 g/mol. The van der Waals surface area contributed by atoms with E-state index in [0.717, 1.165) is 0 Å². The molecular formula is C16H15FN4O3. The third-order valence-electron chi connectivity index (χ3n) is 3.93. The zero-order valence-corrected chi connectivity index (χ0v) is 12.6. The first-order valence-electron chi connectivity index (χ1n) is 7.51. The summed E-state index contributed by atoms with van der Waals surface area (Å²) in [7, 11) is 0. The molecule has 8 heteroatoms. The molecule has 0 saturated carbocycles. The van der Waals surface area contributed by atoms with Crippen LogP contribution in [0.5, 0.6) is 5.75 Å². The lowest BCUT2D eigenvalue weighted by Crippen LogP contribution is -2.45. The number of benzene rings is 1. The molecule has 0 bridgehead atoms. The summed E-state index contributed by atoms with van der Waals surface area (Å²) in [5.41, 5.74) is 1.07. The smallest absolute Gasteiger partial charge is 0.268 e. The number of amides is 1. The highest BCUT2D eigenvalue weighted by molar-refractivity contribution is 5.98. The van der Waals surface area contributed by atoms with Gasteiger partial charge in [-0.15, -0.1) is 0 Å². The second-order valence-electron chi connectivity index (χ2n) is 5.62. The Kier molecular flexibility index (Phi) is 3.66. The molecule has 7 nitrogen and oxygen atoms in total. The topological polar surface area (TPSA) is 92.0 Å². The second-order valence-corrected chi connectivity index (χ2v) is 5.62. The van der Waals surface area contributed by atoms with Crippen LogP contribution < -0.4 is 10.1 Å². The van der Waals surface area contributed by atoms with Crippen LogP contribution in [0.15, 0.2) is 36.7 Å². The van der Waals surface area contributed by atoms with Crippen molar-refractivity contribution in [1.82, 2.24) is 20.5 Å². The van der Waals surface area contributed by atoms with Crippen LogP contribution in [0, 0.1) is 5.82 Å². The predicted molar refractivity (Wildman–Crippen MR) is 83.3 cm³/mol. The van der Waals surface area contributed by atoms with Gasteiger partial charge in [-0.2, -0.15) is 5.10 Å². The molecule has 3 aromatic rings. The Labute approximate surface area is 136 Å². The number of carbonyl (C=O) groups is 1. The Morgan fingerprint density at radius 3 is 3.12 bits per heavy atom. The van der Waals surface area contributed by atoms with Crippen LogP contribution >= 0.6 is 0 Å². The Balaban J connectivity index is 1.47. The highest BCUT2D eigenvalue weighted by atomic mass is 19.1. The third-order valence-corrected chi connectivity index (χ3v) is 3.93. The molecule has 3 heterocycles. The molecule has 0 aliphatic carbocycles. The van der Waals surface area contributed by atoms with E-state index in [1.165, 1.54) is 12.1 Å². The molecule has 3 N–H and O–H groups in total. The van der Waals surface area contributed by atoms with Crippen molar-refractivity contribution in [1.29, 1.82) is 0 Å². The van der Waals surface area contributed by atoms with Gasteiger partial charge in [0, 0.05) is 10.9 Å². The summed E-state index contributed by atoms with van der Waals surface area (Å²) >= 11 is 0. The van der Waals surface area contributed by atoms with Crippen LogP contribution in [0.2, 0.25) is 0 Å². The van der Waals surface area contributed by atoms with E-state index in [-0.39, 0.29) is 23.9 Å². The fourth-order valence-electron chi connectivity index (χ4n) is 2.74. The molecule has 0 spiro atoms. The van der Waals surface area contributed by atoms with Gasteiger partial charge in [0.05, 0.1) is 31.6 Å². The van der Waals surface area contributed by atoms with Gasteiger partial charge in [-0.05, 0) is 24.3 Å². The van der Waals surface area contributed by atoms with Gasteiger partial charge >= 0.3 is 0 Å². The summed E-state index contributed by atoms with van der Waals surface area (Å²) in [4.78, 5) is 15.4. The van der Waals surface area contributed by atoms with Gasteiger partial charge in [-0.1, -0.05) is 0 Å². The van der Waals surface area contributed by atoms with Gasteiger partial charge in [-0.3, -0.25) is 9.89 Å². The third kappa shape index (κ3) is 2.83. The highest BCUT2D eigenvalue weighted by Gasteiger charge is 2.32. The largest absolute Gasteiger partial charge is 0.482 e. The SMILES string of the molecule is O=C(N[C@H]1COC[C@H]1Oc1cn[nH]c1)c1cc2cc(F)ccc2[nH]1. The first-order chi connectivity index (χ1) is 11.7. The van der Waals surface area contributed by atoms with E-state index in [2.05, 4.69) is 20.5 Å². The maximum Gasteiger partial charge on any atom is 0.268 e. The molecule has 124 valence electrons. The normalized spacial score (nSPS) is 20.4. The van der Waals surface area contributed by atoms with Crippen molar-refractivity contribution in [2.45, 2.75) is 12.1 Å². The van der Waals surface area contributed by atoms with Crippen molar-refractivity contribution < 1.29 is 18.7 Å². The highest BCUT2D eigenvalue weighted by Crippen LogP contribution is 2.18. The first-order valence-corrected chi connectivity index (χ1v) is 7.51. The van der Waals surface area contributed by atoms with E-state index in [4.69, 9.17) is 9.47 Å². The van der Waals surface area contributed by atoms with Crippen molar-refractivity contribution >= 4 is 16.8 Å². The maximum absolute atomic E-state index is 13.3. The molecular weight excluding hydrogens is 315 g/mol. The molecule has 0 radical (unpaired) electrons. The minimum atomic E-state index is -0.341. The van der Waals surface area contributed by atoms with Crippen molar-refractivity contribution in [2.75, 3.05) is 13.2 Å². The number of fused-ring (bicyclic) bond motifs is 1. The summed E-state index contributed by atoms with van der Waals surface area (Å²) in [6, 6.07) is 5.67. The molecule has 1 aliphatic heterocycles. The molecule has 1 saturated heterocycles. The summed E-state index contributed by atoms with van der Waals surface area (Å²) in [6.07, 6.45) is 2.89. The lowest BCUT2D eigenvalue weighted by atomic mass is 10.2. The number of rotatable bonds is 4. The van der Waals surface area contributed by atoms with Gasteiger partial charge in [0.1, 0.15) is 17.6 Å². The lowest BCUT2D eigenvalue weighted by molar-refractivity contribution is 0.0900.